The number of hydrogen-bond donors (Lipinski definition) is 3. The number of carbonyl (C=O) groups is 2. The maximum Gasteiger partial charge on any atom is 0.280 e. The number of nitrogens with zero attached hydrogens (tertiary/aromatic N) is 4. The molecule has 3 aliphatic rings. The van der Waals surface area contributed by atoms with E-state index >= 15 is 0 Å². The van der Waals surface area contributed by atoms with Gasteiger partial charge < -0.3 is 25.4 Å². The predicted molar refractivity (Wildman–Crippen MR) is 212 cm³/mol. The molecule has 0 bridgehead atoms. The molecule has 13 heteroatoms. The van der Waals surface area contributed by atoms with Crippen molar-refractivity contribution in [2.75, 3.05) is 32.8 Å². The van der Waals surface area contributed by atoms with Crippen molar-refractivity contribution in [3.63, 3.8) is 0 Å². The summed E-state index contributed by atoms with van der Waals surface area (Å²) in [5, 5.41) is 12.1. The van der Waals surface area contributed by atoms with Crippen LogP contribution in [0.2, 0.25) is 0 Å². The smallest absolute Gasteiger partial charge is 0.280 e. The molecule has 2 amide bonds. The maximum absolute atomic E-state index is 14.5. The number of ether oxygens (including phenoxy) is 2. The third-order valence-corrected chi connectivity index (χ3v) is 11.7. The first-order valence-corrected chi connectivity index (χ1v) is 20.3. The zero-order chi connectivity index (χ0) is 38.5. The first-order chi connectivity index (χ1) is 26.6. The Kier molecular flexibility index (Phi) is 12.5. The summed E-state index contributed by atoms with van der Waals surface area (Å²) in [7, 11) is 0. The zero-order valence-corrected chi connectivity index (χ0v) is 33.0. The van der Waals surface area contributed by atoms with Gasteiger partial charge in [-0.25, -0.2) is 14.4 Å². The van der Waals surface area contributed by atoms with Crippen molar-refractivity contribution in [2.24, 2.45) is 0 Å². The lowest BCUT2D eigenvalue weighted by atomic mass is 9.91. The minimum absolute atomic E-state index is 0.000655. The molecule has 55 heavy (non-hydrogen) atoms. The SMILES string of the molecule is Cc1csc(C(=O)NC2CCC(NC(=O)c3cc(F)cnc3Oc3cccc(-c4ccc(CN5CC(C)N[C@@H](C)C5)cc4CN4CCOC[C@@H]4C)c3)CC2)n1. The molecule has 4 heterocycles. The van der Waals surface area contributed by atoms with E-state index in [9.17, 15) is 14.0 Å². The van der Waals surface area contributed by atoms with Crippen LogP contribution in [0, 0.1) is 12.7 Å². The first kappa shape index (κ1) is 39.0. The van der Waals surface area contributed by atoms with E-state index in [1.807, 2.05) is 30.5 Å². The molecule has 2 aromatic carbocycles. The van der Waals surface area contributed by atoms with Crippen LogP contribution >= 0.6 is 11.3 Å². The van der Waals surface area contributed by atoms with Gasteiger partial charge in [-0.3, -0.25) is 19.4 Å². The van der Waals surface area contributed by atoms with Gasteiger partial charge in [0.05, 0.1) is 19.4 Å². The number of nitrogens with one attached hydrogen (secondary N) is 3. The summed E-state index contributed by atoms with van der Waals surface area (Å²) < 4.78 is 26.6. The Morgan fingerprint density at radius 3 is 2.44 bits per heavy atom. The van der Waals surface area contributed by atoms with E-state index in [0.717, 1.165) is 55.7 Å². The molecule has 1 unspecified atom stereocenters. The number of amides is 2. The monoisotopic (exact) mass is 769 g/mol. The highest BCUT2D eigenvalue weighted by Gasteiger charge is 2.27. The van der Waals surface area contributed by atoms with Crippen LogP contribution in [0.5, 0.6) is 11.6 Å². The second kappa shape index (κ2) is 17.7. The highest BCUT2D eigenvalue weighted by Crippen LogP contribution is 2.33. The minimum Gasteiger partial charge on any atom is -0.438 e. The first-order valence-electron chi connectivity index (χ1n) is 19.5. The van der Waals surface area contributed by atoms with Crippen molar-refractivity contribution in [2.45, 2.75) is 96.7 Å². The molecule has 1 saturated carbocycles. The van der Waals surface area contributed by atoms with Crippen molar-refractivity contribution in [3.05, 3.63) is 93.3 Å². The Hall–Kier alpha value is -4.27. The van der Waals surface area contributed by atoms with E-state index in [1.54, 1.807) is 0 Å². The van der Waals surface area contributed by atoms with Gasteiger partial charge in [0.2, 0.25) is 5.88 Å². The predicted octanol–water partition coefficient (Wildman–Crippen LogP) is 6.32. The summed E-state index contributed by atoms with van der Waals surface area (Å²) >= 11 is 1.33. The molecule has 2 saturated heterocycles. The van der Waals surface area contributed by atoms with Crippen molar-refractivity contribution < 1.29 is 23.5 Å². The fourth-order valence-electron chi connectivity index (χ4n) is 8.06. The molecular formula is C42H52FN7O4S. The topological polar surface area (TPSA) is 121 Å². The van der Waals surface area contributed by atoms with Gasteiger partial charge in [0.15, 0.2) is 5.01 Å². The van der Waals surface area contributed by atoms with E-state index < -0.39 is 11.7 Å². The third kappa shape index (κ3) is 10.1. The number of piperazine rings is 1. The quantitative estimate of drug-likeness (QED) is 0.161. The Balaban J connectivity index is 1.05. The average molecular weight is 770 g/mol. The van der Waals surface area contributed by atoms with Crippen molar-refractivity contribution in [1.82, 2.24) is 35.7 Å². The van der Waals surface area contributed by atoms with E-state index in [2.05, 4.69) is 80.8 Å². The molecule has 0 spiro atoms. The van der Waals surface area contributed by atoms with E-state index in [-0.39, 0.29) is 29.4 Å². The van der Waals surface area contributed by atoms with Gasteiger partial charge in [-0.2, -0.15) is 0 Å². The second-order valence-electron chi connectivity index (χ2n) is 15.5. The summed E-state index contributed by atoms with van der Waals surface area (Å²) in [6.07, 6.45) is 3.83. The Morgan fingerprint density at radius 1 is 0.982 bits per heavy atom. The van der Waals surface area contributed by atoms with Crippen LogP contribution in [0.4, 0.5) is 4.39 Å². The van der Waals surface area contributed by atoms with Gasteiger partial charge in [0.1, 0.15) is 17.1 Å². The van der Waals surface area contributed by atoms with E-state index in [1.165, 1.54) is 28.5 Å². The van der Waals surface area contributed by atoms with Gasteiger partial charge in [-0.15, -0.1) is 11.3 Å². The largest absolute Gasteiger partial charge is 0.438 e. The third-order valence-electron chi connectivity index (χ3n) is 10.7. The van der Waals surface area contributed by atoms with Crippen LogP contribution in [-0.2, 0) is 17.8 Å². The van der Waals surface area contributed by atoms with E-state index in [0.29, 0.717) is 67.8 Å². The number of rotatable bonds is 11. The number of benzene rings is 2. The lowest BCUT2D eigenvalue weighted by Crippen LogP contribution is -2.53. The summed E-state index contributed by atoms with van der Waals surface area (Å²) in [6.45, 7) is 14.5. The standard InChI is InChI=1S/C42H52FN7O4S/c1-26-20-49(21-27(2)45-26)22-30-8-13-37(32(16-30)23-50-14-15-53-24-29(50)4)31-6-5-7-36(17-31)54-41-38(18-33(43)19-44-41)39(51)47-34-9-11-35(12-10-34)48-40(52)42-46-28(3)25-55-42/h5-8,13,16-19,25-27,29,34-35,45H,9-12,14-15,20-24H2,1-4H3,(H,47,51)(H,48,52)/t26-,27?,29-,34?,35?/m0/s1. The lowest BCUT2D eigenvalue weighted by molar-refractivity contribution is -0.00431. The molecule has 3 N–H and O–H groups in total. The molecule has 1 aliphatic carbocycles. The molecule has 7 rings (SSSR count). The minimum atomic E-state index is -0.623. The van der Waals surface area contributed by atoms with Crippen molar-refractivity contribution >= 4 is 23.2 Å². The van der Waals surface area contributed by atoms with Crippen LogP contribution in [-0.4, -0.2) is 94.6 Å². The molecule has 4 aromatic rings. The van der Waals surface area contributed by atoms with Crippen LogP contribution in [0.3, 0.4) is 0 Å². The normalized spacial score (nSPS) is 23.6. The number of pyridine rings is 1. The van der Waals surface area contributed by atoms with E-state index in [4.69, 9.17) is 9.47 Å². The summed E-state index contributed by atoms with van der Waals surface area (Å²) in [4.78, 5) is 39.7. The molecular weight excluding hydrogens is 718 g/mol. The Bertz CT molecular complexity index is 1960. The molecule has 11 nitrogen and oxygen atoms in total. The average Bonchev–Trinajstić information content (AvgIpc) is 3.60. The second-order valence-corrected chi connectivity index (χ2v) is 16.3. The molecule has 3 atom stereocenters. The van der Waals surface area contributed by atoms with Crippen molar-refractivity contribution in [1.29, 1.82) is 0 Å². The Labute approximate surface area is 327 Å². The molecule has 2 aliphatic heterocycles. The van der Waals surface area contributed by atoms with Gasteiger partial charge in [0.25, 0.3) is 11.8 Å². The molecule has 2 aromatic heterocycles. The Morgan fingerprint density at radius 2 is 1.73 bits per heavy atom. The number of carbonyl (C=O) groups excluding carboxylic acids is 2. The number of thiazole rings is 1. The number of aryl methyl sites for hydroxylation is 1. The fourth-order valence-corrected chi connectivity index (χ4v) is 8.76. The van der Waals surface area contributed by atoms with Gasteiger partial charge in [-0.1, -0.05) is 30.3 Å². The number of aromatic nitrogens is 2. The molecule has 292 valence electrons. The summed E-state index contributed by atoms with van der Waals surface area (Å²) in [5.74, 6) is -0.710. The molecule has 0 radical (unpaired) electrons. The van der Waals surface area contributed by atoms with Crippen LogP contribution in [0.15, 0.2) is 60.1 Å². The number of hydrogen-bond acceptors (Lipinski definition) is 10. The van der Waals surface area contributed by atoms with Crippen LogP contribution in [0.1, 0.15) is 83.4 Å². The summed E-state index contributed by atoms with van der Waals surface area (Å²) in [5.41, 5.74) is 5.45. The van der Waals surface area contributed by atoms with Crippen LogP contribution < -0.4 is 20.7 Å². The van der Waals surface area contributed by atoms with Gasteiger partial charge in [0, 0.05) is 74.0 Å². The zero-order valence-electron chi connectivity index (χ0n) is 32.1. The van der Waals surface area contributed by atoms with Gasteiger partial charge >= 0.3 is 0 Å². The number of halogens is 1. The van der Waals surface area contributed by atoms with Crippen LogP contribution in [0.25, 0.3) is 11.1 Å². The molecule has 3 fully saturated rings. The fraction of sp³-hybridized carbons (Fsp3) is 0.476. The highest BCUT2D eigenvalue weighted by atomic mass is 32.1. The maximum atomic E-state index is 14.5. The number of morpholine rings is 1. The highest BCUT2D eigenvalue weighted by molar-refractivity contribution is 7.11. The van der Waals surface area contributed by atoms with Crippen molar-refractivity contribution in [3.8, 4) is 22.8 Å². The summed E-state index contributed by atoms with van der Waals surface area (Å²) in [6, 6.07) is 16.8. The van der Waals surface area contributed by atoms with Gasteiger partial charge in [-0.05, 0) is 93.8 Å². The lowest BCUT2D eigenvalue weighted by Gasteiger charge is -2.36.